The summed E-state index contributed by atoms with van der Waals surface area (Å²) in [5.41, 5.74) is 0.197. The fourth-order valence-electron chi connectivity index (χ4n) is 3.07. The standard InChI is InChI=1S/C25H29ClFN3O6/c1-25(2,3)36-24(34)28-14-18(11-15-6-5-7-17(27)10-15)29-23(33)16-8-9-19(26)20(12-16)30-21(31)13-22(32)35-4/h5-10,12,18H,11,13-14H2,1-4H3,(H,28,34)(H,29,33)(H,30,31). The van der Waals surface area contributed by atoms with Gasteiger partial charge < -0.3 is 25.4 Å². The minimum atomic E-state index is -0.727. The van der Waals surface area contributed by atoms with Crippen LogP contribution in [0.2, 0.25) is 5.02 Å². The summed E-state index contributed by atoms with van der Waals surface area (Å²) in [6.07, 6.45) is -0.964. The van der Waals surface area contributed by atoms with E-state index in [1.807, 2.05) is 0 Å². The fraction of sp³-hybridized carbons (Fsp3) is 0.360. The first kappa shape index (κ1) is 28.6. The average Bonchev–Trinajstić information content (AvgIpc) is 2.77. The van der Waals surface area contributed by atoms with Gasteiger partial charge in [0.2, 0.25) is 5.91 Å². The van der Waals surface area contributed by atoms with Crippen LogP contribution in [0.4, 0.5) is 14.9 Å². The zero-order valence-corrected chi connectivity index (χ0v) is 21.2. The Morgan fingerprint density at radius 1 is 1.08 bits per heavy atom. The lowest BCUT2D eigenvalue weighted by atomic mass is 10.0. The molecule has 2 aromatic carbocycles. The number of alkyl carbamates (subject to hydrolysis) is 1. The monoisotopic (exact) mass is 521 g/mol. The first-order chi connectivity index (χ1) is 16.9. The van der Waals surface area contributed by atoms with E-state index >= 15 is 0 Å². The Morgan fingerprint density at radius 3 is 2.44 bits per heavy atom. The van der Waals surface area contributed by atoms with Gasteiger partial charge in [0.1, 0.15) is 17.8 Å². The summed E-state index contributed by atoms with van der Waals surface area (Å²) >= 11 is 6.12. The largest absolute Gasteiger partial charge is 0.469 e. The summed E-state index contributed by atoms with van der Waals surface area (Å²) in [6.45, 7) is 5.18. The molecule has 0 saturated heterocycles. The lowest BCUT2D eigenvalue weighted by Gasteiger charge is -2.23. The average molecular weight is 522 g/mol. The summed E-state index contributed by atoms with van der Waals surface area (Å²) in [5.74, 6) is -2.34. The molecule has 11 heteroatoms. The molecule has 0 aliphatic rings. The number of hydrogen-bond donors (Lipinski definition) is 3. The number of benzene rings is 2. The van der Waals surface area contributed by atoms with Crippen LogP contribution >= 0.6 is 11.6 Å². The quantitative estimate of drug-likeness (QED) is 0.340. The predicted molar refractivity (Wildman–Crippen MR) is 132 cm³/mol. The number of carbonyl (C=O) groups is 4. The van der Waals surface area contributed by atoms with Crippen LogP contribution in [0.1, 0.15) is 43.1 Å². The van der Waals surface area contributed by atoms with E-state index in [9.17, 15) is 23.6 Å². The van der Waals surface area contributed by atoms with Crippen molar-refractivity contribution in [3.05, 3.63) is 64.4 Å². The van der Waals surface area contributed by atoms with Crippen LogP contribution < -0.4 is 16.0 Å². The third kappa shape index (κ3) is 9.91. The lowest BCUT2D eigenvalue weighted by Crippen LogP contribution is -2.46. The van der Waals surface area contributed by atoms with Crippen molar-refractivity contribution in [2.24, 2.45) is 0 Å². The third-order valence-corrected chi connectivity index (χ3v) is 4.96. The van der Waals surface area contributed by atoms with E-state index in [1.165, 1.54) is 30.3 Å². The number of anilines is 1. The second-order valence-corrected chi connectivity index (χ2v) is 9.29. The maximum absolute atomic E-state index is 13.7. The molecule has 0 aliphatic carbocycles. The molecule has 194 valence electrons. The number of carbonyl (C=O) groups excluding carboxylic acids is 4. The molecule has 2 aromatic rings. The van der Waals surface area contributed by atoms with Gasteiger partial charge in [-0.1, -0.05) is 23.7 Å². The van der Waals surface area contributed by atoms with Crippen LogP contribution in [-0.2, 0) is 25.5 Å². The number of hydrogen-bond acceptors (Lipinski definition) is 6. The van der Waals surface area contributed by atoms with Crippen LogP contribution in [0, 0.1) is 5.82 Å². The first-order valence-corrected chi connectivity index (χ1v) is 11.4. The smallest absolute Gasteiger partial charge is 0.407 e. The Labute approximate surface area is 213 Å². The second-order valence-electron chi connectivity index (χ2n) is 8.88. The molecule has 36 heavy (non-hydrogen) atoms. The maximum atomic E-state index is 13.7. The van der Waals surface area contributed by atoms with E-state index in [4.69, 9.17) is 16.3 Å². The number of amides is 3. The lowest BCUT2D eigenvalue weighted by molar-refractivity contribution is -0.142. The molecule has 9 nitrogen and oxygen atoms in total. The molecule has 1 atom stereocenters. The van der Waals surface area contributed by atoms with Crippen molar-refractivity contribution >= 4 is 41.2 Å². The number of halogens is 2. The van der Waals surface area contributed by atoms with Crippen molar-refractivity contribution in [3.8, 4) is 0 Å². The van der Waals surface area contributed by atoms with Crippen LogP contribution in [0.15, 0.2) is 42.5 Å². The number of nitrogens with one attached hydrogen (secondary N) is 3. The van der Waals surface area contributed by atoms with E-state index in [2.05, 4.69) is 20.7 Å². The number of rotatable bonds is 9. The summed E-state index contributed by atoms with van der Waals surface area (Å²) in [6, 6.07) is 9.50. The summed E-state index contributed by atoms with van der Waals surface area (Å²) in [5, 5.41) is 8.03. The molecule has 0 spiro atoms. The second kappa shape index (κ2) is 12.9. The van der Waals surface area contributed by atoms with Gasteiger partial charge in [0.25, 0.3) is 5.91 Å². The van der Waals surface area contributed by atoms with Crippen molar-refractivity contribution < 1.29 is 33.0 Å². The summed E-state index contributed by atoms with van der Waals surface area (Å²) in [7, 11) is 1.16. The van der Waals surface area contributed by atoms with Gasteiger partial charge in [-0.3, -0.25) is 14.4 Å². The van der Waals surface area contributed by atoms with Crippen molar-refractivity contribution in [2.45, 2.75) is 45.3 Å². The van der Waals surface area contributed by atoms with Crippen LogP contribution in [-0.4, -0.2) is 49.2 Å². The molecular formula is C25H29ClFN3O6. The summed E-state index contributed by atoms with van der Waals surface area (Å²) < 4.78 is 23.4. The Kier molecular flexibility index (Phi) is 10.2. The van der Waals surface area contributed by atoms with Crippen molar-refractivity contribution in [1.29, 1.82) is 0 Å². The molecule has 3 N–H and O–H groups in total. The zero-order valence-electron chi connectivity index (χ0n) is 20.4. The van der Waals surface area contributed by atoms with E-state index < -0.39 is 47.8 Å². The topological polar surface area (TPSA) is 123 Å². The number of esters is 1. The van der Waals surface area contributed by atoms with Crippen LogP contribution in [0.25, 0.3) is 0 Å². The first-order valence-electron chi connectivity index (χ1n) is 11.0. The highest BCUT2D eigenvalue weighted by Gasteiger charge is 2.20. The zero-order chi connectivity index (χ0) is 26.9. The number of ether oxygens (including phenoxy) is 2. The molecular weight excluding hydrogens is 493 g/mol. The van der Waals surface area contributed by atoms with E-state index in [1.54, 1.807) is 32.9 Å². The van der Waals surface area contributed by atoms with Crippen molar-refractivity contribution in [1.82, 2.24) is 10.6 Å². The minimum Gasteiger partial charge on any atom is -0.469 e. The molecule has 2 rings (SSSR count). The van der Waals surface area contributed by atoms with Crippen molar-refractivity contribution in [2.75, 3.05) is 19.0 Å². The highest BCUT2D eigenvalue weighted by molar-refractivity contribution is 6.34. The summed E-state index contributed by atoms with van der Waals surface area (Å²) in [4.78, 5) is 48.4. The third-order valence-electron chi connectivity index (χ3n) is 4.63. The van der Waals surface area contributed by atoms with Crippen molar-refractivity contribution in [3.63, 3.8) is 0 Å². The minimum absolute atomic E-state index is 0.00742. The Morgan fingerprint density at radius 2 is 1.81 bits per heavy atom. The van der Waals surface area contributed by atoms with Gasteiger partial charge in [0, 0.05) is 12.1 Å². The van der Waals surface area contributed by atoms with E-state index in [0.29, 0.717) is 5.56 Å². The van der Waals surface area contributed by atoms with Gasteiger partial charge in [-0.05, 0) is 63.1 Å². The molecule has 0 aromatic heterocycles. The molecule has 0 fully saturated rings. The molecule has 0 saturated carbocycles. The normalized spacial score (nSPS) is 11.7. The van der Waals surface area contributed by atoms with Gasteiger partial charge in [0.15, 0.2) is 0 Å². The van der Waals surface area contributed by atoms with Crippen LogP contribution in [0.5, 0.6) is 0 Å². The fourth-order valence-corrected chi connectivity index (χ4v) is 3.24. The molecule has 0 bridgehead atoms. The highest BCUT2D eigenvalue weighted by atomic mass is 35.5. The highest BCUT2D eigenvalue weighted by Crippen LogP contribution is 2.23. The predicted octanol–water partition coefficient (Wildman–Crippen LogP) is 3.85. The Bertz CT molecular complexity index is 1120. The Hall–Kier alpha value is -3.66. The van der Waals surface area contributed by atoms with Gasteiger partial charge in [-0.25, -0.2) is 9.18 Å². The molecule has 0 radical (unpaired) electrons. The van der Waals surface area contributed by atoms with Gasteiger partial charge in [-0.2, -0.15) is 0 Å². The molecule has 0 heterocycles. The van der Waals surface area contributed by atoms with Gasteiger partial charge in [-0.15, -0.1) is 0 Å². The van der Waals surface area contributed by atoms with E-state index in [0.717, 1.165) is 7.11 Å². The number of methoxy groups -OCH3 is 1. The van der Waals surface area contributed by atoms with Gasteiger partial charge >= 0.3 is 12.1 Å². The maximum Gasteiger partial charge on any atom is 0.407 e. The van der Waals surface area contributed by atoms with Gasteiger partial charge in [0.05, 0.1) is 23.9 Å². The molecule has 3 amide bonds. The van der Waals surface area contributed by atoms with E-state index in [-0.39, 0.29) is 29.2 Å². The molecule has 0 aliphatic heterocycles. The Balaban J connectivity index is 2.16. The molecule has 1 unspecified atom stereocenters. The SMILES string of the molecule is COC(=O)CC(=O)Nc1cc(C(=O)NC(CNC(=O)OC(C)(C)C)Cc2cccc(F)c2)ccc1Cl. The van der Waals surface area contributed by atoms with Crippen LogP contribution in [0.3, 0.4) is 0 Å².